The fourth-order valence-electron chi connectivity index (χ4n) is 13.1. The van der Waals surface area contributed by atoms with E-state index in [1.54, 1.807) is 0 Å². The molecule has 13 aromatic rings. The van der Waals surface area contributed by atoms with Crippen LogP contribution in [0.5, 0.6) is 0 Å². The first-order valence-corrected chi connectivity index (χ1v) is 49.0. The summed E-state index contributed by atoms with van der Waals surface area (Å²) in [7, 11) is 0. The molecule has 0 unspecified atom stereocenters. The van der Waals surface area contributed by atoms with Gasteiger partial charge in [0, 0.05) is 42.8 Å². The van der Waals surface area contributed by atoms with Crippen LogP contribution in [0, 0.1) is 42.8 Å². The molecule has 0 aliphatic rings. The van der Waals surface area contributed by atoms with Gasteiger partial charge in [-0.05, 0) is 514 Å². The Morgan fingerprint density at radius 2 is 0.211 bits per heavy atom. The molecule has 13 rings (SSSR count). The standard InChI is InChI=1S/C102H66I12/c103-85-49-73(50-86(104)61-85)19-7-1-13-67-25-37-79(38-26-67)97-98(80-39-27-68(28-40-80)14-2-8-20-74-51-87(105)62-88(106)52-74)100(82-43-31-70(32-44-82)16-4-10-22-76-55-91(109)64-92(110)56-76)102(84-47-35-72(36-48-84)18-6-12-24-78-59-95(113)66-96(114)60-78)101(83-45-33-71(34-46-83)17-5-11-23-77-57-93(111)65-94(112)58-77)99(97)81-41-29-69(30-42-81)15-3-9-21-75-53-89(107)63-90(108)54-75/h1-66H/b13-1+,14-2+,15-3+,16-4+,17-5+,18-6+,19-7+,20-8+,21-9+,22-10+,23-11+,24-12+. The van der Waals surface area contributed by atoms with E-state index in [2.05, 4.69) is 672 Å². The number of benzene rings is 13. The van der Waals surface area contributed by atoms with Crippen molar-refractivity contribution in [2.24, 2.45) is 0 Å². The smallest absolute Gasteiger partial charge is 0.0146 e. The number of allylic oxidation sites excluding steroid dienone is 12. The van der Waals surface area contributed by atoms with Crippen molar-refractivity contribution < 1.29 is 0 Å². The molecule has 0 atom stereocenters. The molecule has 0 nitrogen and oxygen atoms in total. The second-order valence-electron chi connectivity index (χ2n) is 26.5. The van der Waals surface area contributed by atoms with Crippen molar-refractivity contribution in [2.45, 2.75) is 0 Å². The van der Waals surface area contributed by atoms with Crippen LogP contribution in [0.2, 0.25) is 0 Å². The highest BCUT2D eigenvalue weighted by Crippen LogP contribution is 2.56. The number of hydrogen-bond donors (Lipinski definition) is 0. The van der Waals surface area contributed by atoms with E-state index in [1.807, 2.05) is 0 Å². The predicted octanol–water partition coefficient (Wildman–Crippen LogP) is 35.3. The van der Waals surface area contributed by atoms with E-state index in [9.17, 15) is 0 Å². The third kappa shape index (κ3) is 25.8. The molecular weight excluding hydrogens is 2750 g/mol. The molecule has 0 N–H and O–H groups in total. The SMILES string of the molecule is Ic1cc(I)cc(/C=C/C=C/c2ccc(-c3c(-c4ccc(/C=C/C=C/c5cc(I)cc(I)c5)cc4)c(-c4ccc(/C=C/C=C/c5cc(I)cc(I)c5)cc4)c(-c4ccc(/C=C/C=C/c5cc(I)cc(I)c5)cc4)c(-c4ccc(/C=C/C=C/c5cc(I)cc(I)c5)cc4)c3-c3ccc(/C=C/C=C/c4cc(I)cc(I)c4)cc3)cc2)c1. The lowest BCUT2D eigenvalue weighted by Crippen LogP contribution is -2.02. The van der Waals surface area contributed by atoms with Gasteiger partial charge in [0.05, 0.1) is 0 Å². The lowest BCUT2D eigenvalue weighted by Gasteiger charge is -2.29. The van der Waals surface area contributed by atoms with Crippen LogP contribution in [0.25, 0.3) is 140 Å². The summed E-state index contributed by atoms with van der Waals surface area (Å²) >= 11 is 28.8. The topological polar surface area (TPSA) is 0 Å². The maximum absolute atomic E-state index is 2.40. The van der Waals surface area contributed by atoms with E-state index in [0.717, 1.165) is 100 Å². The summed E-state index contributed by atoms with van der Waals surface area (Å²) in [6.45, 7) is 0. The monoisotopic (exact) mass is 2810 g/mol. The molecule has 0 saturated carbocycles. The van der Waals surface area contributed by atoms with E-state index in [4.69, 9.17) is 0 Å². The van der Waals surface area contributed by atoms with Gasteiger partial charge in [-0.3, -0.25) is 0 Å². The first kappa shape index (κ1) is 87.3. The number of rotatable bonds is 24. The van der Waals surface area contributed by atoms with Gasteiger partial charge in [-0.1, -0.05) is 291 Å². The van der Waals surface area contributed by atoms with Gasteiger partial charge in [0.2, 0.25) is 0 Å². The van der Waals surface area contributed by atoms with E-state index in [1.165, 1.54) is 76.2 Å². The Morgan fingerprint density at radius 1 is 0.114 bits per heavy atom. The van der Waals surface area contributed by atoms with E-state index >= 15 is 0 Å². The molecule has 114 heavy (non-hydrogen) atoms. The summed E-state index contributed by atoms with van der Waals surface area (Å²) in [6, 6.07) is 95.1. The van der Waals surface area contributed by atoms with E-state index < -0.39 is 0 Å². The van der Waals surface area contributed by atoms with Crippen molar-refractivity contribution in [3.8, 4) is 66.8 Å². The predicted molar refractivity (Wildman–Crippen MR) is 599 cm³/mol. The van der Waals surface area contributed by atoms with Crippen LogP contribution in [0.3, 0.4) is 0 Å². The zero-order chi connectivity index (χ0) is 79.5. The second kappa shape index (κ2) is 43.6. The van der Waals surface area contributed by atoms with Gasteiger partial charge >= 0.3 is 0 Å². The molecule has 12 heteroatoms. The lowest BCUT2D eigenvalue weighted by molar-refractivity contribution is 1.50. The Bertz CT molecular complexity index is 4940. The van der Waals surface area contributed by atoms with Crippen LogP contribution >= 0.6 is 271 Å². The Hall–Kier alpha value is -4.50. The Labute approximate surface area is 834 Å². The van der Waals surface area contributed by atoms with Gasteiger partial charge < -0.3 is 0 Å². The highest BCUT2D eigenvalue weighted by atomic mass is 127. The van der Waals surface area contributed by atoms with Crippen LogP contribution in [-0.4, -0.2) is 0 Å². The third-order valence-corrected chi connectivity index (χ3v) is 25.6. The molecule has 0 saturated heterocycles. The number of halogens is 12. The normalized spacial score (nSPS) is 12.3. The van der Waals surface area contributed by atoms with E-state index in [0.29, 0.717) is 0 Å². The van der Waals surface area contributed by atoms with Crippen molar-refractivity contribution in [3.05, 3.63) is 437 Å². The molecule has 0 fully saturated rings. The summed E-state index contributed by atoms with van der Waals surface area (Å²) in [5.74, 6) is 0. The fraction of sp³-hybridized carbons (Fsp3) is 0. The molecule has 0 aliphatic heterocycles. The van der Waals surface area contributed by atoms with Crippen molar-refractivity contribution >= 4 is 344 Å². The Balaban J connectivity index is 1.06. The minimum absolute atomic E-state index is 1.09. The van der Waals surface area contributed by atoms with Crippen LogP contribution in [0.1, 0.15) is 66.8 Å². The molecular formula is C102H66I12. The van der Waals surface area contributed by atoms with Gasteiger partial charge in [0.15, 0.2) is 0 Å². The van der Waals surface area contributed by atoms with Gasteiger partial charge in [-0.25, -0.2) is 0 Å². The van der Waals surface area contributed by atoms with Crippen LogP contribution in [0.4, 0.5) is 0 Å². The Morgan fingerprint density at radius 3 is 0.316 bits per heavy atom. The molecule has 13 aromatic carbocycles. The minimum atomic E-state index is 1.09. The molecule has 0 aromatic heterocycles. The van der Waals surface area contributed by atoms with Gasteiger partial charge in [-0.15, -0.1) is 0 Å². The molecule has 0 amide bonds. The van der Waals surface area contributed by atoms with Gasteiger partial charge in [0.25, 0.3) is 0 Å². The fourth-order valence-corrected chi connectivity index (χ4v) is 25.0. The molecule has 0 bridgehead atoms. The maximum Gasteiger partial charge on any atom is 0.0146 e. The molecule has 0 radical (unpaired) electrons. The van der Waals surface area contributed by atoms with Crippen molar-refractivity contribution in [1.82, 2.24) is 0 Å². The Kier molecular flexibility index (Phi) is 33.4. The maximum atomic E-state index is 2.40. The lowest BCUT2D eigenvalue weighted by atomic mass is 9.74. The summed E-state index contributed by atoms with van der Waals surface area (Å²) in [4.78, 5) is 0. The van der Waals surface area contributed by atoms with Crippen LogP contribution in [-0.2, 0) is 0 Å². The largest absolute Gasteiger partial charge is 0.0617 e. The summed E-state index contributed by atoms with van der Waals surface area (Å²) in [5.41, 5.74) is 26.9. The van der Waals surface area contributed by atoms with Gasteiger partial charge in [0.1, 0.15) is 0 Å². The van der Waals surface area contributed by atoms with E-state index in [-0.39, 0.29) is 0 Å². The minimum Gasteiger partial charge on any atom is -0.0617 e. The molecule has 0 spiro atoms. The summed E-state index contributed by atoms with van der Waals surface area (Å²) in [6.07, 6.45) is 52.0. The third-order valence-electron chi connectivity index (χ3n) is 18.1. The zero-order valence-corrected chi connectivity index (χ0v) is 86.5. The van der Waals surface area contributed by atoms with Crippen LogP contribution in [0.15, 0.2) is 328 Å². The molecule has 0 heterocycles. The zero-order valence-electron chi connectivity index (χ0n) is 60.6. The highest BCUT2D eigenvalue weighted by molar-refractivity contribution is 14.1. The first-order chi connectivity index (χ1) is 55.3. The molecule has 0 aliphatic carbocycles. The van der Waals surface area contributed by atoms with Crippen molar-refractivity contribution in [3.63, 3.8) is 0 Å². The summed E-state index contributed by atoms with van der Waals surface area (Å²) < 4.78 is 14.6. The van der Waals surface area contributed by atoms with Crippen molar-refractivity contribution in [2.75, 3.05) is 0 Å². The first-order valence-electron chi connectivity index (χ1n) is 36.1. The molecule has 558 valence electrons. The summed E-state index contributed by atoms with van der Waals surface area (Å²) in [5, 5.41) is 0. The average Bonchev–Trinajstić information content (AvgIpc) is 0.714. The second-order valence-corrected chi connectivity index (χ2v) is 41.5. The van der Waals surface area contributed by atoms with Crippen molar-refractivity contribution in [1.29, 1.82) is 0 Å². The van der Waals surface area contributed by atoms with Gasteiger partial charge in [-0.2, -0.15) is 0 Å². The van der Waals surface area contributed by atoms with Crippen LogP contribution < -0.4 is 0 Å². The highest BCUT2D eigenvalue weighted by Gasteiger charge is 2.30. The number of hydrogen-bond acceptors (Lipinski definition) is 0. The quantitative estimate of drug-likeness (QED) is 0.0418. The average molecular weight is 2810 g/mol.